The van der Waals surface area contributed by atoms with Crippen molar-refractivity contribution in [2.24, 2.45) is 0 Å². The molecule has 5 aromatic rings. The standard InChI is InChI=1S/C19H14FN5OS/c1-11-5-4-7-13-15(24-26-18(11)13)10-17-23-25-16(21-22-19(25)27-17)9-12-6-2-3-8-14(12)20/h2-8H,9-10H2,1H3. The van der Waals surface area contributed by atoms with Crippen molar-refractivity contribution in [3.63, 3.8) is 0 Å². The molecule has 0 amide bonds. The van der Waals surface area contributed by atoms with Crippen molar-refractivity contribution in [3.8, 4) is 0 Å². The normalized spacial score (nSPS) is 11.6. The number of nitrogens with zero attached hydrogens (tertiary/aromatic N) is 5. The van der Waals surface area contributed by atoms with Gasteiger partial charge < -0.3 is 4.52 Å². The molecule has 0 aliphatic heterocycles. The van der Waals surface area contributed by atoms with E-state index in [0.29, 0.717) is 29.2 Å². The van der Waals surface area contributed by atoms with Crippen LogP contribution in [0.15, 0.2) is 47.0 Å². The summed E-state index contributed by atoms with van der Waals surface area (Å²) in [5, 5.41) is 19.0. The smallest absolute Gasteiger partial charge is 0.234 e. The molecule has 0 radical (unpaired) electrons. The van der Waals surface area contributed by atoms with Crippen molar-refractivity contribution in [2.45, 2.75) is 19.8 Å². The molecule has 27 heavy (non-hydrogen) atoms. The van der Waals surface area contributed by atoms with Crippen molar-refractivity contribution in [1.29, 1.82) is 0 Å². The first-order valence-corrected chi connectivity index (χ1v) is 9.28. The van der Waals surface area contributed by atoms with Crippen LogP contribution in [0, 0.1) is 12.7 Å². The first-order chi connectivity index (χ1) is 13.2. The summed E-state index contributed by atoms with van der Waals surface area (Å²) in [6, 6.07) is 12.6. The van der Waals surface area contributed by atoms with Gasteiger partial charge in [0.05, 0.1) is 5.69 Å². The van der Waals surface area contributed by atoms with Gasteiger partial charge in [-0.05, 0) is 30.2 Å². The number of aryl methyl sites for hydroxylation is 1. The Hall–Kier alpha value is -3.13. The Morgan fingerprint density at radius 2 is 1.96 bits per heavy atom. The Morgan fingerprint density at radius 1 is 1.07 bits per heavy atom. The minimum Gasteiger partial charge on any atom is -0.356 e. The number of aromatic nitrogens is 5. The lowest BCUT2D eigenvalue weighted by Crippen LogP contribution is -2.00. The highest BCUT2D eigenvalue weighted by Gasteiger charge is 2.17. The van der Waals surface area contributed by atoms with Gasteiger partial charge >= 0.3 is 0 Å². The minimum absolute atomic E-state index is 0.255. The van der Waals surface area contributed by atoms with Crippen LogP contribution in [-0.2, 0) is 12.8 Å². The largest absolute Gasteiger partial charge is 0.356 e. The maximum Gasteiger partial charge on any atom is 0.234 e. The fraction of sp³-hybridized carbons (Fsp3) is 0.158. The zero-order valence-electron chi connectivity index (χ0n) is 14.4. The second-order valence-corrected chi connectivity index (χ2v) is 7.37. The molecule has 6 nitrogen and oxygen atoms in total. The zero-order valence-corrected chi connectivity index (χ0v) is 15.2. The lowest BCUT2D eigenvalue weighted by atomic mass is 10.1. The molecule has 0 unspecified atom stereocenters. The molecular formula is C19H14FN5OS. The average molecular weight is 379 g/mol. The summed E-state index contributed by atoms with van der Waals surface area (Å²) in [4.78, 5) is 0.681. The van der Waals surface area contributed by atoms with Crippen LogP contribution >= 0.6 is 11.3 Å². The fourth-order valence-electron chi connectivity index (χ4n) is 3.11. The van der Waals surface area contributed by atoms with Crippen molar-refractivity contribution in [1.82, 2.24) is 25.0 Å². The second kappa shape index (κ2) is 6.24. The van der Waals surface area contributed by atoms with Gasteiger partial charge in [0.2, 0.25) is 4.96 Å². The number of hydrogen-bond acceptors (Lipinski definition) is 6. The molecule has 134 valence electrons. The molecule has 3 aromatic heterocycles. The number of rotatable bonds is 4. The minimum atomic E-state index is -0.255. The summed E-state index contributed by atoms with van der Waals surface area (Å²) < 4.78 is 21.1. The van der Waals surface area contributed by atoms with Crippen LogP contribution in [0.3, 0.4) is 0 Å². The van der Waals surface area contributed by atoms with E-state index in [2.05, 4.69) is 20.5 Å². The maximum absolute atomic E-state index is 13.9. The van der Waals surface area contributed by atoms with Crippen molar-refractivity contribution < 1.29 is 8.91 Å². The lowest BCUT2D eigenvalue weighted by Gasteiger charge is -1.99. The van der Waals surface area contributed by atoms with Crippen LogP contribution in [0.1, 0.15) is 27.7 Å². The number of para-hydroxylation sites is 1. The van der Waals surface area contributed by atoms with E-state index >= 15 is 0 Å². The molecule has 3 heterocycles. The quantitative estimate of drug-likeness (QED) is 0.473. The van der Waals surface area contributed by atoms with E-state index < -0.39 is 0 Å². The first kappa shape index (κ1) is 16.1. The molecule has 0 saturated carbocycles. The van der Waals surface area contributed by atoms with Crippen molar-refractivity contribution in [2.75, 3.05) is 0 Å². The van der Waals surface area contributed by atoms with Gasteiger partial charge in [0.15, 0.2) is 11.4 Å². The number of halogens is 1. The third-order valence-electron chi connectivity index (χ3n) is 4.49. The molecule has 0 N–H and O–H groups in total. The van der Waals surface area contributed by atoms with Gasteiger partial charge in [-0.15, -0.1) is 10.2 Å². The number of benzene rings is 2. The first-order valence-electron chi connectivity index (χ1n) is 8.46. The van der Waals surface area contributed by atoms with Gasteiger partial charge in [0, 0.05) is 18.2 Å². The van der Waals surface area contributed by atoms with Crippen LogP contribution in [-0.4, -0.2) is 25.0 Å². The summed E-state index contributed by atoms with van der Waals surface area (Å²) in [6.45, 7) is 2.00. The third kappa shape index (κ3) is 2.78. The molecule has 0 bridgehead atoms. The van der Waals surface area contributed by atoms with Gasteiger partial charge in [0.1, 0.15) is 10.8 Å². The summed E-state index contributed by atoms with van der Waals surface area (Å²) >= 11 is 1.45. The van der Waals surface area contributed by atoms with Gasteiger partial charge in [-0.1, -0.05) is 46.8 Å². The Bertz CT molecular complexity index is 1270. The summed E-state index contributed by atoms with van der Waals surface area (Å²) in [6.07, 6.45) is 0.882. The highest BCUT2D eigenvalue weighted by Crippen LogP contribution is 2.25. The Labute approximate surface area is 157 Å². The fourth-order valence-corrected chi connectivity index (χ4v) is 3.97. The molecule has 0 saturated heterocycles. The molecule has 0 aliphatic carbocycles. The predicted octanol–water partition coefficient (Wildman–Crippen LogP) is 3.96. The molecular weight excluding hydrogens is 365 g/mol. The molecule has 2 aromatic carbocycles. The number of fused-ring (bicyclic) bond motifs is 2. The highest BCUT2D eigenvalue weighted by molar-refractivity contribution is 7.16. The predicted molar refractivity (Wildman–Crippen MR) is 99.4 cm³/mol. The van der Waals surface area contributed by atoms with Crippen LogP contribution in [0.25, 0.3) is 15.9 Å². The molecule has 8 heteroatoms. The highest BCUT2D eigenvalue weighted by atomic mass is 32.1. The van der Waals surface area contributed by atoms with Crippen LogP contribution in [0.5, 0.6) is 0 Å². The van der Waals surface area contributed by atoms with Crippen molar-refractivity contribution >= 4 is 27.3 Å². The van der Waals surface area contributed by atoms with E-state index in [0.717, 1.165) is 27.2 Å². The molecule has 0 aliphatic rings. The second-order valence-electron chi connectivity index (χ2n) is 6.33. The zero-order chi connectivity index (χ0) is 18.4. The summed E-state index contributed by atoms with van der Waals surface area (Å²) in [5.41, 5.74) is 3.26. The van der Waals surface area contributed by atoms with Gasteiger partial charge in [-0.2, -0.15) is 9.61 Å². The third-order valence-corrected chi connectivity index (χ3v) is 5.39. The van der Waals surface area contributed by atoms with Crippen molar-refractivity contribution in [3.05, 3.63) is 75.9 Å². The van der Waals surface area contributed by atoms with E-state index in [1.807, 2.05) is 25.1 Å². The summed E-state index contributed by atoms with van der Waals surface area (Å²) in [7, 11) is 0. The van der Waals surface area contributed by atoms with E-state index in [9.17, 15) is 4.39 Å². The topological polar surface area (TPSA) is 69.1 Å². The van der Waals surface area contributed by atoms with Crippen LogP contribution in [0.4, 0.5) is 4.39 Å². The molecule has 0 fully saturated rings. The van der Waals surface area contributed by atoms with E-state index in [-0.39, 0.29) is 5.82 Å². The van der Waals surface area contributed by atoms with E-state index in [4.69, 9.17) is 4.52 Å². The van der Waals surface area contributed by atoms with Crippen LogP contribution < -0.4 is 0 Å². The van der Waals surface area contributed by atoms with Gasteiger partial charge in [0.25, 0.3) is 0 Å². The summed E-state index contributed by atoms with van der Waals surface area (Å²) in [5.74, 6) is 0.354. The number of hydrogen-bond donors (Lipinski definition) is 0. The Kier molecular flexibility index (Phi) is 3.71. The van der Waals surface area contributed by atoms with Crippen LogP contribution in [0.2, 0.25) is 0 Å². The molecule has 0 atom stereocenters. The van der Waals surface area contributed by atoms with Gasteiger partial charge in [-0.3, -0.25) is 0 Å². The lowest BCUT2D eigenvalue weighted by molar-refractivity contribution is 0.446. The monoisotopic (exact) mass is 379 g/mol. The Balaban J connectivity index is 1.48. The molecule has 5 rings (SSSR count). The maximum atomic E-state index is 13.9. The van der Waals surface area contributed by atoms with E-state index in [1.165, 1.54) is 17.4 Å². The van der Waals surface area contributed by atoms with E-state index in [1.54, 1.807) is 22.7 Å². The van der Waals surface area contributed by atoms with Gasteiger partial charge in [-0.25, -0.2) is 4.39 Å². The average Bonchev–Trinajstić information content (AvgIpc) is 3.34. The SMILES string of the molecule is Cc1cccc2c(Cc3nn4c(Cc5ccccc5F)nnc4s3)noc12. The Morgan fingerprint density at radius 3 is 2.85 bits per heavy atom. The molecule has 0 spiro atoms.